The van der Waals surface area contributed by atoms with Crippen LogP contribution in [0.3, 0.4) is 0 Å². The summed E-state index contributed by atoms with van der Waals surface area (Å²) in [6.45, 7) is 2.06. The summed E-state index contributed by atoms with van der Waals surface area (Å²) in [6, 6.07) is 16.8. The summed E-state index contributed by atoms with van der Waals surface area (Å²) in [7, 11) is 2.59. The Kier molecular flexibility index (Phi) is 7.44. The average Bonchev–Trinajstić information content (AvgIpc) is 2.68. The zero-order valence-corrected chi connectivity index (χ0v) is 18.0. The molecule has 0 bridgehead atoms. The zero-order chi connectivity index (χ0) is 21.6. The van der Waals surface area contributed by atoms with Gasteiger partial charge in [-0.05, 0) is 36.8 Å². The Morgan fingerprint density at radius 2 is 1.66 bits per heavy atom. The molecule has 8 heteroatoms. The molecule has 29 heavy (non-hydrogen) atoms. The van der Waals surface area contributed by atoms with Gasteiger partial charge in [0, 0.05) is 31.9 Å². The maximum atomic E-state index is 9.22. The highest BCUT2D eigenvalue weighted by Crippen LogP contribution is 2.16. The lowest BCUT2D eigenvalue weighted by Crippen LogP contribution is -2.34. The van der Waals surface area contributed by atoms with E-state index in [2.05, 4.69) is 90.3 Å². The molecule has 0 saturated carbocycles. The number of anilines is 1. The number of aromatic nitrogens is 2. The van der Waals surface area contributed by atoms with Gasteiger partial charge in [0.2, 0.25) is 21.6 Å². The SMILES string of the molecule is COS(=O)(=O)[O-].Cc1nc2ccccc2[n+](C)c1C=Cc1ccc(N(C)C)cc1. The van der Waals surface area contributed by atoms with Gasteiger partial charge in [-0.15, -0.1) is 0 Å². The summed E-state index contributed by atoms with van der Waals surface area (Å²) in [5.41, 5.74) is 6.72. The molecule has 3 rings (SSSR count). The van der Waals surface area contributed by atoms with E-state index in [0.717, 1.165) is 29.5 Å². The summed E-state index contributed by atoms with van der Waals surface area (Å²) >= 11 is 0. The maximum Gasteiger partial charge on any atom is 0.231 e. The lowest BCUT2D eigenvalue weighted by Gasteiger charge is -2.11. The summed E-state index contributed by atoms with van der Waals surface area (Å²) in [4.78, 5) is 6.81. The number of rotatable bonds is 4. The Labute approximate surface area is 171 Å². The van der Waals surface area contributed by atoms with Crippen LogP contribution >= 0.6 is 0 Å². The van der Waals surface area contributed by atoms with Gasteiger partial charge < -0.3 is 9.45 Å². The molecular formula is C21H25N3O4S. The highest BCUT2D eigenvalue weighted by Gasteiger charge is 2.14. The fraction of sp³-hybridized carbons (Fsp3) is 0.238. The number of nitrogens with zero attached hydrogens (tertiary/aromatic N) is 3. The van der Waals surface area contributed by atoms with E-state index in [1.54, 1.807) is 0 Å². The van der Waals surface area contributed by atoms with Gasteiger partial charge in [0.15, 0.2) is 0 Å². The second-order valence-corrected chi connectivity index (χ2v) is 7.67. The smallest absolute Gasteiger partial charge is 0.231 e. The Morgan fingerprint density at radius 3 is 2.21 bits per heavy atom. The molecule has 0 spiro atoms. The quantitative estimate of drug-likeness (QED) is 0.370. The first-order valence-corrected chi connectivity index (χ1v) is 10.2. The second kappa shape index (κ2) is 9.60. The van der Waals surface area contributed by atoms with E-state index in [4.69, 9.17) is 4.98 Å². The van der Waals surface area contributed by atoms with Crippen molar-refractivity contribution in [2.75, 3.05) is 26.1 Å². The van der Waals surface area contributed by atoms with Crippen molar-refractivity contribution in [3.8, 4) is 0 Å². The molecule has 1 heterocycles. The van der Waals surface area contributed by atoms with Crippen LogP contribution in [0.5, 0.6) is 0 Å². The number of fused-ring (bicyclic) bond motifs is 1. The molecule has 0 amide bonds. The first-order valence-electron chi connectivity index (χ1n) is 8.84. The molecule has 7 nitrogen and oxygen atoms in total. The minimum atomic E-state index is -4.41. The molecule has 0 saturated heterocycles. The second-order valence-electron chi connectivity index (χ2n) is 6.52. The number of aryl methyl sites for hydroxylation is 2. The molecule has 0 radical (unpaired) electrons. The van der Waals surface area contributed by atoms with Crippen LogP contribution in [-0.4, -0.2) is 39.2 Å². The summed E-state index contributed by atoms with van der Waals surface area (Å²) in [5.74, 6) is 0. The summed E-state index contributed by atoms with van der Waals surface area (Å²) in [6.07, 6.45) is 4.28. The van der Waals surface area contributed by atoms with Crippen LogP contribution in [0, 0.1) is 6.92 Å². The fourth-order valence-electron chi connectivity index (χ4n) is 2.74. The molecule has 2 aromatic carbocycles. The largest absolute Gasteiger partial charge is 0.726 e. The van der Waals surface area contributed by atoms with Crippen LogP contribution in [0.1, 0.15) is 17.0 Å². The van der Waals surface area contributed by atoms with E-state index in [1.165, 1.54) is 11.3 Å². The molecule has 0 atom stereocenters. The summed E-state index contributed by atoms with van der Waals surface area (Å²) in [5, 5.41) is 0. The predicted molar refractivity (Wildman–Crippen MR) is 114 cm³/mol. The number of hydrogen-bond acceptors (Lipinski definition) is 6. The highest BCUT2D eigenvalue weighted by molar-refractivity contribution is 7.80. The van der Waals surface area contributed by atoms with Gasteiger partial charge in [0.05, 0.1) is 7.11 Å². The lowest BCUT2D eigenvalue weighted by molar-refractivity contribution is -0.647. The molecule has 0 fully saturated rings. The van der Waals surface area contributed by atoms with Crippen LogP contribution in [0.15, 0.2) is 48.5 Å². The van der Waals surface area contributed by atoms with Crippen LogP contribution in [0.2, 0.25) is 0 Å². The van der Waals surface area contributed by atoms with Gasteiger partial charge >= 0.3 is 0 Å². The van der Waals surface area contributed by atoms with Crippen molar-refractivity contribution in [2.24, 2.45) is 7.05 Å². The average molecular weight is 416 g/mol. The minimum Gasteiger partial charge on any atom is -0.726 e. The molecule has 0 aliphatic carbocycles. The lowest BCUT2D eigenvalue weighted by atomic mass is 10.1. The highest BCUT2D eigenvalue weighted by atomic mass is 32.3. The molecular weight excluding hydrogens is 390 g/mol. The van der Waals surface area contributed by atoms with Crippen molar-refractivity contribution in [1.82, 2.24) is 4.98 Å². The van der Waals surface area contributed by atoms with Crippen molar-refractivity contribution in [3.63, 3.8) is 0 Å². The number of benzene rings is 2. The van der Waals surface area contributed by atoms with Crippen LogP contribution in [0.25, 0.3) is 23.2 Å². The Bertz CT molecular complexity index is 1110. The van der Waals surface area contributed by atoms with Gasteiger partial charge in [-0.3, -0.25) is 4.18 Å². The van der Waals surface area contributed by atoms with E-state index in [0.29, 0.717) is 0 Å². The molecule has 3 aromatic rings. The molecule has 0 aliphatic heterocycles. The Hall–Kier alpha value is -2.81. The van der Waals surface area contributed by atoms with Crippen molar-refractivity contribution in [1.29, 1.82) is 0 Å². The molecule has 0 N–H and O–H groups in total. The van der Waals surface area contributed by atoms with Gasteiger partial charge in [-0.25, -0.2) is 13.4 Å². The molecule has 154 valence electrons. The van der Waals surface area contributed by atoms with E-state index in [-0.39, 0.29) is 0 Å². The third-order valence-electron chi connectivity index (χ3n) is 4.31. The molecule has 0 aliphatic rings. The molecule has 1 aromatic heterocycles. The van der Waals surface area contributed by atoms with E-state index >= 15 is 0 Å². The first kappa shape index (κ1) is 22.5. The maximum absolute atomic E-state index is 9.22. The predicted octanol–water partition coefficient (Wildman–Crippen LogP) is 2.70. The minimum absolute atomic E-state index is 0.808. The van der Waals surface area contributed by atoms with E-state index in [9.17, 15) is 13.0 Å². The monoisotopic (exact) mass is 415 g/mol. The van der Waals surface area contributed by atoms with E-state index in [1.807, 2.05) is 12.1 Å². The zero-order valence-electron chi connectivity index (χ0n) is 17.2. The first-order chi connectivity index (χ1) is 13.6. The van der Waals surface area contributed by atoms with Crippen LogP contribution in [0.4, 0.5) is 5.69 Å². The third kappa shape index (κ3) is 6.35. The number of hydrogen-bond donors (Lipinski definition) is 0. The third-order valence-corrected chi connectivity index (χ3v) is 4.72. The van der Waals surface area contributed by atoms with Gasteiger partial charge in [0.1, 0.15) is 18.3 Å². The fourth-order valence-corrected chi connectivity index (χ4v) is 2.74. The van der Waals surface area contributed by atoms with Crippen molar-refractivity contribution >= 4 is 39.3 Å². The van der Waals surface area contributed by atoms with Gasteiger partial charge in [-0.2, -0.15) is 4.57 Å². The van der Waals surface area contributed by atoms with E-state index < -0.39 is 10.4 Å². The summed E-state index contributed by atoms with van der Waals surface area (Å²) < 4.78 is 33.2. The van der Waals surface area contributed by atoms with Crippen molar-refractivity contribution < 1.29 is 21.7 Å². The Morgan fingerprint density at radius 1 is 1.07 bits per heavy atom. The number of para-hydroxylation sites is 2. The van der Waals surface area contributed by atoms with Crippen LogP contribution in [-0.2, 0) is 21.6 Å². The van der Waals surface area contributed by atoms with Crippen molar-refractivity contribution in [3.05, 3.63) is 65.5 Å². The standard InChI is InChI=1S/C20H22N3.CH4O4S/c1-15-19(23(4)20-8-6-5-7-18(20)21-15)14-11-16-9-12-17(13-10-16)22(2)3;1-5-6(2,3)4/h5-14H,1-4H3;1H3,(H,2,3,4)/q+1;/p-1. The Balaban J connectivity index is 0.000000438. The topological polar surface area (TPSA) is 86.4 Å². The van der Waals surface area contributed by atoms with Gasteiger partial charge in [-0.1, -0.05) is 24.3 Å². The van der Waals surface area contributed by atoms with Gasteiger partial charge in [0.25, 0.3) is 0 Å². The van der Waals surface area contributed by atoms with Crippen LogP contribution < -0.4 is 9.47 Å². The van der Waals surface area contributed by atoms with Crippen molar-refractivity contribution in [2.45, 2.75) is 6.92 Å². The normalized spacial score (nSPS) is 11.4. The molecule has 0 unspecified atom stereocenters.